The quantitative estimate of drug-likeness (QED) is 0.103. The molecule has 2 saturated carbocycles. The summed E-state index contributed by atoms with van der Waals surface area (Å²) in [6, 6.07) is 23.8. The zero-order valence-corrected chi connectivity index (χ0v) is 29.4. The average Bonchev–Trinajstić information content (AvgIpc) is 4.10. The summed E-state index contributed by atoms with van der Waals surface area (Å²) < 4.78 is 49.5. The van der Waals surface area contributed by atoms with Crippen LogP contribution in [0.1, 0.15) is 84.3 Å². The molecule has 0 saturated heterocycles. The second-order valence-electron chi connectivity index (χ2n) is 13.8. The molecule has 0 amide bonds. The van der Waals surface area contributed by atoms with Gasteiger partial charge < -0.3 is 29.9 Å². The van der Waals surface area contributed by atoms with E-state index in [0.717, 1.165) is 48.9 Å². The first kappa shape index (κ1) is 40.3. The topological polar surface area (TPSA) is 151 Å². The number of rotatable bonds is 14. The number of fused-ring (bicyclic) bond motifs is 1. The van der Waals surface area contributed by atoms with Gasteiger partial charge in [0.05, 0.1) is 19.3 Å². The first-order valence-electron chi connectivity index (χ1n) is 17.8. The summed E-state index contributed by atoms with van der Waals surface area (Å²) in [5, 5.41) is 36.9. The van der Waals surface area contributed by atoms with E-state index in [1.54, 1.807) is 12.1 Å². The van der Waals surface area contributed by atoms with Crippen molar-refractivity contribution in [1.29, 1.82) is 0 Å². The minimum atomic E-state index is -1.58. The lowest BCUT2D eigenvalue weighted by Gasteiger charge is -2.21. The molecule has 0 aromatic heterocycles. The van der Waals surface area contributed by atoms with Gasteiger partial charge in [-0.3, -0.25) is 4.79 Å². The maximum Gasteiger partial charge on any atom is 0.337 e. The highest BCUT2D eigenvalue weighted by Crippen LogP contribution is 2.39. The second-order valence-corrected chi connectivity index (χ2v) is 13.8. The number of hydrogen-bond donors (Lipinski definition) is 4. The van der Waals surface area contributed by atoms with Crippen molar-refractivity contribution < 1.29 is 57.5 Å². The van der Waals surface area contributed by atoms with E-state index < -0.39 is 42.2 Å². The van der Waals surface area contributed by atoms with Crippen LogP contribution in [0.15, 0.2) is 97.1 Å². The summed E-state index contributed by atoms with van der Waals surface area (Å²) in [6.07, 6.45) is 1.57. The van der Waals surface area contributed by atoms with E-state index in [1.165, 1.54) is 48.5 Å². The van der Waals surface area contributed by atoms with Crippen LogP contribution in [0.4, 0.5) is 13.2 Å². The van der Waals surface area contributed by atoms with Crippen LogP contribution < -0.4 is 0 Å². The number of Topliss-reactive ketones (excluding diaryl/α,β-unsaturated/α-hetero) is 1. The fraction of sp³-hybridized carbons (Fsp3) is 0.357. The van der Waals surface area contributed by atoms with Gasteiger partial charge in [0.15, 0.2) is 18.0 Å². The van der Waals surface area contributed by atoms with Crippen molar-refractivity contribution >= 4 is 17.7 Å². The molecular formula is C42H43F3O9. The summed E-state index contributed by atoms with van der Waals surface area (Å²) in [7, 11) is 0. The van der Waals surface area contributed by atoms with E-state index >= 15 is 0 Å². The Kier molecular flexibility index (Phi) is 14.1. The van der Waals surface area contributed by atoms with Gasteiger partial charge in [0.25, 0.3) is 0 Å². The molecular weight excluding hydrogens is 705 g/mol. The van der Waals surface area contributed by atoms with E-state index in [0.29, 0.717) is 42.6 Å². The molecule has 12 heteroatoms. The van der Waals surface area contributed by atoms with Crippen LogP contribution in [-0.4, -0.2) is 51.4 Å². The summed E-state index contributed by atoms with van der Waals surface area (Å²) >= 11 is 0. The fourth-order valence-corrected chi connectivity index (χ4v) is 5.99. The first-order chi connectivity index (χ1) is 25.9. The number of hydrogen-bond acceptors (Lipinski definition) is 7. The Morgan fingerprint density at radius 2 is 1.07 bits per heavy atom. The fourth-order valence-electron chi connectivity index (χ4n) is 5.99. The minimum Gasteiger partial charge on any atom is -0.479 e. The molecule has 4 aromatic rings. The Labute approximate surface area is 311 Å². The summed E-state index contributed by atoms with van der Waals surface area (Å²) in [5.74, 6) is -2.69. The lowest BCUT2D eigenvalue weighted by Crippen LogP contribution is -2.22. The zero-order chi connectivity index (χ0) is 38.8. The Hall–Kier alpha value is -4.88. The molecule has 2 fully saturated rings. The third-order valence-electron chi connectivity index (χ3n) is 9.44. The van der Waals surface area contributed by atoms with Gasteiger partial charge in [-0.25, -0.2) is 22.8 Å². The molecule has 5 unspecified atom stereocenters. The van der Waals surface area contributed by atoms with Crippen molar-refractivity contribution in [2.24, 2.45) is 17.8 Å². The molecule has 0 aliphatic heterocycles. The molecule has 0 spiro atoms. The molecule has 3 aliphatic carbocycles. The number of carbonyl (C=O) groups excluding carboxylic acids is 1. The number of aliphatic hydroxyl groups is 2. The monoisotopic (exact) mass is 748 g/mol. The number of carbonyl (C=O) groups is 3. The first-order valence-corrected chi connectivity index (χ1v) is 17.8. The highest BCUT2D eigenvalue weighted by molar-refractivity contribution is 5.85. The molecule has 54 heavy (non-hydrogen) atoms. The number of ketones is 1. The maximum absolute atomic E-state index is 13.2. The normalized spacial score (nSPS) is 18.8. The van der Waals surface area contributed by atoms with Gasteiger partial charge in [0, 0.05) is 12.3 Å². The van der Waals surface area contributed by atoms with E-state index in [1.807, 2.05) is 24.3 Å². The summed E-state index contributed by atoms with van der Waals surface area (Å²) in [5.41, 5.74) is 3.36. The number of aliphatic carboxylic acids is 2. The smallest absolute Gasteiger partial charge is 0.337 e. The third-order valence-corrected chi connectivity index (χ3v) is 9.44. The van der Waals surface area contributed by atoms with Gasteiger partial charge in [-0.15, -0.1) is 0 Å². The molecule has 9 nitrogen and oxygen atoms in total. The predicted molar refractivity (Wildman–Crippen MR) is 190 cm³/mol. The zero-order valence-electron chi connectivity index (χ0n) is 29.4. The predicted octanol–water partition coefficient (Wildman–Crippen LogP) is 7.48. The Balaban J connectivity index is 0.000000171. The molecule has 0 heterocycles. The highest BCUT2D eigenvalue weighted by Gasteiger charge is 2.35. The Morgan fingerprint density at radius 1 is 0.630 bits per heavy atom. The van der Waals surface area contributed by atoms with E-state index in [-0.39, 0.29) is 35.3 Å². The van der Waals surface area contributed by atoms with Crippen molar-refractivity contribution in [2.45, 2.75) is 62.9 Å². The van der Waals surface area contributed by atoms with Gasteiger partial charge in [-0.2, -0.15) is 0 Å². The standard InChI is InChI=1S/C22H23FO3.C12H13FO3.C8H7FO3/c23-18-9-7-15(8-10-18)22(26-13-14-5-6-14)20(24)12-17-11-16-3-1-2-4-19(16)21(17)25;13-10-5-3-9(4-6-10)11(12(14)15)16-7-8-1-2-8;9-6-3-1-5(2-4-6)7(10)8(11)12/h1-4,7-10,14,17,21-22,25H,5-6,11-13H2;3-6,8,11H,1-2,7H2,(H,14,15);1-4,7,10H,(H,11,12). The molecule has 4 aromatic carbocycles. The molecule has 0 radical (unpaired) electrons. The van der Waals surface area contributed by atoms with Gasteiger partial charge in [-0.1, -0.05) is 60.7 Å². The number of halogens is 3. The SMILES string of the molecule is O=C(CC1Cc2ccccc2C1O)C(OCC1CC1)c1ccc(F)cc1.O=C(O)C(O)c1ccc(F)cc1.O=C(O)C(OCC1CC1)c1ccc(F)cc1. The van der Waals surface area contributed by atoms with Crippen LogP contribution in [0.3, 0.4) is 0 Å². The van der Waals surface area contributed by atoms with Crippen molar-refractivity contribution in [3.05, 3.63) is 142 Å². The molecule has 4 N–H and O–H groups in total. The van der Waals surface area contributed by atoms with Crippen molar-refractivity contribution in [3.8, 4) is 0 Å². The Morgan fingerprint density at radius 3 is 1.52 bits per heavy atom. The largest absolute Gasteiger partial charge is 0.479 e. The lowest BCUT2D eigenvalue weighted by molar-refractivity contribution is -0.151. The molecule has 7 rings (SSSR count). The number of benzene rings is 4. The van der Waals surface area contributed by atoms with Crippen LogP contribution >= 0.6 is 0 Å². The van der Waals surface area contributed by atoms with Crippen LogP contribution in [-0.2, 0) is 30.3 Å². The number of carboxylic acids is 2. The molecule has 5 atom stereocenters. The molecule has 0 bridgehead atoms. The maximum atomic E-state index is 13.2. The van der Waals surface area contributed by atoms with Crippen molar-refractivity contribution in [3.63, 3.8) is 0 Å². The van der Waals surface area contributed by atoms with Gasteiger partial charge in [0.2, 0.25) is 0 Å². The van der Waals surface area contributed by atoms with E-state index in [9.17, 15) is 32.7 Å². The summed E-state index contributed by atoms with van der Waals surface area (Å²) in [6.45, 7) is 1.02. The van der Waals surface area contributed by atoms with Crippen molar-refractivity contribution in [1.82, 2.24) is 0 Å². The Bertz CT molecular complexity index is 1840. The minimum absolute atomic E-state index is 0.0471. The number of aliphatic hydroxyl groups excluding tert-OH is 2. The second kappa shape index (κ2) is 18.9. The van der Waals surface area contributed by atoms with Crippen LogP contribution in [0.5, 0.6) is 0 Å². The van der Waals surface area contributed by atoms with Crippen LogP contribution in [0.25, 0.3) is 0 Å². The average molecular weight is 749 g/mol. The van der Waals surface area contributed by atoms with Crippen molar-refractivity contribution in [2.75, 3.05) is 13.2 Å². The van der Waals surface area contributed by atoms with E-state index in [4.69, 9.17) is 24.8 Å². The van der Waals surface area contributed by atoms with E-state index in [2.05, 4.69) is 0 Å². The van der Waals surface area contributed by atoms with Gasteiger partial charge >= 0.3 is 11.9 Å². The van der Waals surface area contributed by atoms with Crippen LogP contribution in [0, 0.1) is 35.2 Å². The molecule has 3 aliphatic rings. The number of carboxylic acid groups (broad SMARTS) is 2. The third kappa shape index (κ3) is 11.8. The molecule has 286 valence electrons. The van der Waals surface area contributed by atoms with Gasteiger partial charge in [-0.05, 0) is 108 Å². The lowest BCUT2D eigenvalue weighted by atomic mass is 9.92. The highest BCUT2D eigenvalue weighted by atomic mass is 19.1. The van der Waals surface area contributed by atoms with Crippen LogP contribution in [0.2, 0.25) is 0 Å². The number of ether oxygens (including phenoxy) is 2. The van der Waals surface area contributed by atoms with Gasteiger partial charge in [0.1, 0.15) is 23.6 Å². The summed E-state index contributed by atoms with van der Waals surface area (Å²) in [4.78, 5) is 34.2.